The van der Waals surface area contributed by atoms with Crippen LogP contribution in [0.25, 0.3) is 10.9 Å². The third-order valence-corrected chi connectivity index (χ3v) is 2.67. The maximum Gasteiger partial charge on any atom is 0.207 e. The van der Waals surface area contributed by atoms with E-state index in [1.54, 1.807) is 0 Å². The summed E-state index contributed by atoms with van der Waals surface area (Å²) in [6.45, 7) is 0.739. The van der Waals surface area contributed by atoms with E-state index in [4.69, 9.17) is 5.26 Å². The van der Waals surface area contributed by atoms with Crippen LogP contribution in [-0.2, 0) is 6.54 Å². The number of benzene rings is 1. The summed E-state index contributed by atoms with van der Waals surface area (Å²) in [5.41, 5.74) is 0.811. The molecule has 17 heavy (non-hydrogen) atoms. The maximum atomic E-state index is 11.6. The second kappa shape index (κ2) is 5.26. The van der Waals surface area contributed by atoms with Crippen LogP contribution in [0.2, 0.25) is 0 Å². The van der Waals surface area contributed by atoms with Crippen LogP contribution in [0, 0.1) is 11.3 Å². The fraction of sp³-hybridized carbons (Fsp3) is 0.308. The number of aromatic nitrogens is 2. The van der Waals surface area contributed by atoms with Gasteiger partial charge in [0.1, 0.15) is 0 Å². The molecule has 2 aromatic rings. The van der Waals surface area contributed by atoms with E-state index in [0.29, 0.717) is 11.8 Å². The van der Waals surface area contributed by atoms with Gasteiger partial charge in [0.15, 0.2) is 0 Å². The summed E-state index contributed by atoms with van der Waals surface area (Å²) in [7, 11) is 0. The van der Waals surface area contributed by atoms with E-state index in [-0.39, 0.29) is 5.43 Å². The van der Waals surface area contributed by atoms with Gasteiger partial charge in [0.25, 0.3) is 0 Å². The summed E-state index contributed by atoms with van der Waals surface area (Å²) >= 11 is 0. The van der Waals surface area contributed by atoms with E-state index in [9.17, 15) is 4.79 Å². The smallest absolute Gasteiger partial charge is 0.207 e. The lowest BCUT2D eigenvalue weighted by atomic mass is 10.2. The molecule has 0 radical (unpaired) electrons. The van der Waals surface area contributed by atoms with Gasteiger partial charge < -0.3 is 0 Å². The number of aryl methyl sites for hydroxylation is 1. The maximum absolute atomic E-state index is 11.6. The lowest BCUT2D eigenvalue weighted by Gasteiger charge is -2.07. The van der Waals surface area contributed by atoms with E-state index < -0.39 is 0 Å². The van der Waals surface area contributed by atoms with Crippen molar-refractivity contribution in [3.05, 3.63) is 40.7 Å². The van der Waals surface area contributed by atoms with E-state index in [0.717, 1.165) is 24.9 Å². The molecule has 0 saturated carbocycles. The Hall–Kier alpha value is -2.15. The van der Waals surface area contributed by atoms with Gasteiger partial charge in [-0.25, -0.2) is 0 Å². The Morgan fingerprint density at radius 2 is 2.12 bits per heavy atom. The molecule has 0 aliphatic carbocycles. The molecular formula is C13H13N3O. The normalized spacial score (nSPS) is 10.3. The zero-order valence-electron chi connectivity index (χ0n) is 9.47. The van der Waals surface area contributed by atoms with Gasteiger partial charge >= 0.3 is 0 Å². The van der Waals surface area contributed by atoms with Crippen molar-refractivity contribution in [2.45, 2.75) is 25.8 Å². The Morgan fingerprint density at radius 1 is 1.29 bits per heavy atom. The Morgan fingerprint density at radius 3 is 2.94 bits per heavy atom. The molecule has 0 aliphatic rings. The highest BCUT2D eigenvalue weighted by atomic mass is 16.1. The fourth-order valence-electron chi connectivity index (χ4n) is 1.80. The molecule has 0 spiro atoms. The standard InChI is InChI=1S/C13H13N3O/c14-8-4-1-5-9-16-12-7-3-2-6-11(12)13(17)10-15-16/h2-3,6-7,10H,1,4-5,9H2. The van der Waals surface area contributed by atoms with Gasteiger partial charge in [-0.1, -0.05) is 12.1 Å². The third-order valence-electron chi connectivity index (χ3n) is 2.67. The van der Waals surface area contributed by atoms with Gasteiger partial charge in [0, 0.05) is 18.4 Å². The minimum absolute atomic E-state index is 0.0473. The average molecular weight is 227 g/mol. The molecule has 0 bridgehead atoms. The predicted molar refractivity (Wildman–Crippen MR) is 65.5 cm³/mol. The first-order chi connectivity index (χ1) is 8.33. The van der Waals surface area contributed by atoms with Crippen molar-refractivity contribution in [3.63, 3.8) is 0 Å². The number of rotatable bonds is 4. The van der Waals surface area contributed by atoms with E-state index in [1.165, 1.54) is 6.20 Å². The highest BCUT2D eigenvalue weighted by molar-refractivity contribution is 5.77. The second-order valence-corrected chi connectivity index (χ2v) is 3.86. The van der Waals surface area contributed by atoms with Crippen LogP contribution < -0.4 is 5.43 Å². The number of unbranched alkanes of at least 4 members (excludes halogenated alkanes) is 2. The Balaban J connectivity index is 2.26. The summed E-state index contributed by atoms with van der Waals surface area (Å²) < 4.78 is 1.83. The molecule has 4 nitrogen and oxygen atoms in total. The van der Waals surface area contributed by atoms with E-state index in [2.05, 4.69) is 11.2 Å². The number of fused-ring (bicyclic) bond motifs is 1. The van der Waals surface area contributed by atoms with Crippen LogP contribution in [0.1, 0.15) is 19.3 Å². The summed E-state index contributed by atoms with van der Waals surface area (Å²) in [4.78, 5) is 11.6. The van der Waals surface area contributed by atoms with Crippen molar-refractivity contribution >= 4 is 10.9 Å². The van der Waals surface area contributed by atoms with Gasteiger partial charge in [-0.3, -0.25) is 9.48 Å². The molecule has 0 aliphatic heterocycles. The lowest BCUT2D eigenvalue weighted by Crippen LogP contribution is -2.12. The highest BCUT2D eigenvalue weighted by Gasteiger charge is 2.02. The fourth-order valence-corrected chi connectivity index (χ4v) is 1.80. The Bertz CT molecular complexity index is 610. The van der Waals surface area contributed by atoms with E-state index >= 15 is 0 Å². The Kier molecular flexibility index (Phi) is 3.51. The summed E-state index contributed by atoms with van der Waals surface area (Å²) in [6, 6.07) is 9.58. The van der Waals surface area contributed by atoms with Crippen LogP contribution in [0.4, 0.5) is 0 Å². The summed E-state index contributed by atoms with van der Waals surface area (Å²) in [6.07, 6.45) is 3.68. The number of nitrogens with zero attached hydrogens (tertiary/aromatic N) is 3. The molecule has 0 amide bonds. The first-order valence-corrected chi connectivity index (χ1v) is 5.65. The lowest BCUT2D eigenvalue weighted by molar-refractivity contribution is 0.569. The molecule has 1 heterocycles. The molecule has 0 atom stereocenters. The molecular weight excluding hydrogens is 214 g/mol. The largest absolute Gasteiger partial charge is 0.287 e. The monoisotopic (exact) mass is 227 g/mol. The molecule has 0 N–H and O–H groups in total. The predicted octanol–water partition coefficient (Wildman–Crippen LogP) is 2.09. The zero-order chi connectivity index (χ0) is 12.1. The second-order valence-electron chi connectivity index (χ2n) is 3.86. The minimum atomic E-state index is -0.0473. The molecule has 1 aromatic carbocycles. The van der Waals surface area contributed by atoms with Gasteiger partial charge in [-0.05, 0) is 25.0 Å². The van der Waals surface area contributed by atoms with Crippen LogP contribution in [-0.4, -0.2) is 9.78 Å². The summed E-state index contributed by atoms with van der Waals surface area (Å²) in [5, 5.41) is 13.3. The van der Waals surface area contributed by atoms with Crippen LogP contribution in [0.5, 0.6) is 0 Å². The van der Waals surface area contributed by atoms with Gasteiger partial charge in [0.05, 0.1) is 17.8 Å². The highest BCUT2D eigenvalue weighted by Crippen LogP contribution is 2.09. The van der Waals surface area contributed by atoms with Crippen LogP contribution in [0.3, 0.4) is 0 Å². The van der Waals surface area contributed by atoms with Crippen LogP contribution >= 0.6 is 0 Å². The first kappa shape index (κ1) is 11.3. The zero-order valence-corrected chi connectivity index (χ0v) is 9.47. The van der Waals surface area contributed by atoms with Gasteiger partial charge in [-0.15, -0.1) is 0 Å². The molecule has 4 heteroatoms. The Labute approximate surface area is 99.1 Å². The number of para-hydroxylation sites is 1. The van der Waals surface area contributed by atoms with Gasteiger partial charge in [-0.2, -0.15) is 10.4 Å². The molecule has 1 aromatic heterocycles. The van der Waals surface area contributed by atoms with E-state index in [1.807, 2.05) is 28.9 Å². The first-order valence-electron chi connectivity index (χ1n) is 5.65. The number of hydrogen-bond donors (Lipinski definition) is 0. The topological polar surface area (TPSA) is 58.7 Å². The average Bonchev–Trinajstić information content (AvgIpc) is 2.37. The molecule has 0 unspecified atom stereocenters. The van der Waals surface area contributed by atoms with Gasteiger partial charge in [0.2, 0.25) is 5.43 Å². The number of nitriles is 1. The minimum Gasteiger partial charge on any atom is -0.287 e. The summed E-state index contributed by atoms with van der Waals surface area (Å²) in [5.74, 6) is 0. The SMILES string of the molecule is N#CCCCCn1ncc(=O)c2ccccc21. The molecule has 86 valence electrons. The van der Waals surface area contributed by atoms with Crippen LogP contribution in [0.15, 0.2) is 35.3 Å². The van der Waals surface area contributed by atoms with Crippen molar-refractivity contribution in [1.29, 1.82) is 5.26 Å². The quantitative estimate of drug-likeness (QED) is 0.751. The molecule has 0 fully saturated rings. The van der Waals surface area contributed by atoms with Crippen molar-refractivity contribution in [1.82, 2.24) is 9.78 Å². The van der Waals surface area contributed by atoms with Crippen molar-refractivity contribution < 1.29 is 0 Å². The number of hydrogen-bond acceptors (Lipinski definition) is 3. The van der Waals surface area contributed by atoms with Crippen molar-refractivity contribution in [3.8, 4) is 6.07 Å². The third kappa shape index (κ3) is 2.51. The van der Waals surface area contributed by atoms with Crippen molar-refractivity contribution in [2.75, 3.05) is 0 Å². The molecule has 0 saturated heterocycles. The molecule has 2 rings (SSSR count). The van der Waals surface area contributed by atoms with Crippen molar-refractivity contribution in [2.24, 2.45) is 0 Å².